The fourth-order valence-corrected chi connectivity index (χ4v) is 1.84. The molecule has 0 aliphatic carbocycles. The topological polar surface area (TPSA) is 37.4 Å². The van der Waals surface area contributed by atoms with Crippen LogP contribution < -0.4 is 5.32 Å². The molecule has 0 atom stereocenters. The molecule has 0 saturated carbocycles. The number of hydrogen-bond donors (Lipinski definition) is 1. The van der Waals surface area contributed by atoms with Crippen LogP contribution in [0.15, 0.2) is 30.9 Å². The molecule has 4 heteroatoms. The quantitative estimate of drug-likeness (QED) is 0.654. The van der Waals surface area contributed by atoms with Crippen molar-refractivity contribution in [3.8, 4) is 0 Å². The zero-order valence-electron chi connectivity index (χ0n) is 12.1. The zero-order valence-corrected chi connectivity index (χ0v) is 12.1. The maximum absolute atomic E-state index is 5.13. The number of rotatable bonds is 10. The van der Waals surface area contributed by atoms with Gasteiger partial charge in [0.05, 0.1) is 18.0 Å². The molecule has 1 aromatic heterocycles. The van der Waals surface area contributed by atoms with Gasteiger partial charge in [-0.15, -0.1) is 6.58 Å². The highest BCUT2D eigenvalue weighted by atomic mass is 16.5. The normalized spacial score (nSPS) is 10.9. The van der Waals surface area contributed by atoms with Crippen molar-refractivity contribution in [3.05, 3.63) is 42.2 Å². The van der Waals surface area contributed by atoms with Crippen LogP contribution in [0.3, 0.4) is 0 Å². The van der Waals surface area contributed by atoms with Crippen molar-refractivity contribution in [2.45, 2.75) is 20.0 Å². The Morgan fingerprint density at radius 1 is 1.42 bits per heavy atom. The minimum Gasteiger partial charge on any atom is -0.383 e. The van der Waals surface area contributed by atoms with Gasteiger partial charge in [0.15, 0.2) is 0 Å². The molecule has 0 amide bonds. The van der Waals surface area contributed by atoms with Gasteiger partial charge in [-0.1, -0.05) is 19.1 Å². The average Bonchev–Trinajstić information content (AvgIpc) is 2.43. The van der Waals surface area contributed by atoms with Crippen molar-refractivity contribution < 1.29 is 4.74 Å². The molecule has 1 N–H and O–H groups in total. The van der Waals surface area contributed by atoms with Gasteiger partial charge in [-0.25, -0.2) is 0 Å². The first-order valence-electron chi connectivity index (χ1n) is 6.77. The van der Waals surface area contributed by atoms with Crippen LogP contribution in [0.4, 0.5) is 0 Å². The van der Waals surface area contributed by atoms with Gasteiger partial charge in [0.25, 0.3) is 0 Å². The van der Waals surface area contributed by atoms with E-state index < -0.39 is 0 Å². The van der Waals surface area contributed by atoms with Crippen LogP contribution in [-0.2, 0) is 17.8 Å². The Kier molecular flexibility index (Phi) is 8.05. The van der Waals surface area contributed by atoms with Gasteiger partial charge in [-0.05, 0) is 18.7 Å². The minimum absolute atomic E-state index is 0.727. The summed E-state index contributed by atoms with van der Waals surface area (Å²) in [5.74, 6) is 0. The summed E-state index contributed by atoms with van der Waals surface area (Å²) >= 11 is 0. The highest BCUT2D eigenvalue weighted by Crippen LogP contribution is 2.04. The summed E-state index contributed by atoms with van der Waals surface area (Å²) in [6.45, 7) is 11.0. The highest BCUT2D eigenvalue weighted by molar-refractivity contribution is 5.11. The van der Waals surface area contributed by atoms with E-state index in [-0.39, 0.29) is 0 Å². The van der Waals surface area contributed by atoms with Gasteiger partial charge in [0.1, 0.15) is 0 Å². The number of aromatic nitrogens is 1. The second kappa shape index (κ2) is 9.67. The Morgan fingerprint density at radius 2 is 2.21 bits per heavy atom. The summed E-state index contributed by atoms with van der Waals surface area (Å²) in [5.41, 5.74) is 2.18. The van der Waals surface area contributed by atoms with E-state index in [2.05, 4.69) is 46.9 Å². The third kappa shape index (κ3) is 6.47. The predicted octanol–water partition coefficient (Wildman–Crippen LogP) is 1.83. The maximum Gasteiger partial charge on any atom is 0.0589 e. The van der Waals surface area contributed by atoms with E-state index in [9.17, 15) is 0 Å². The molecular formula is C15H25N3O. The van der Waals surface area contributed by atoms with Crippen molar-refractivity contribution in [1.29, 1.82) is 0 Å². The van der Waals surface area contributed by atoms with E-state index >= 15 is 0 Å². The van der Waals surface area contributed by atoms with Gasteiger partial charge in [-0.3, -0.25) is 9.88 Å². The van der Waals surface area contributed by atoms with Crippen molar-refractivity contribution in [1.82, 2.24) is 15.2 Å². The Balaban J connectivity index is 2.58. The van der Waals surface area contributed by atoms with Gasteiger partial charge < -0.3 is 10.1 Å². The first kappa shape index (κ1) is 15.8. The zero-order chi connectivity index (χ0) is 13.9. The fourth-order valence-electron chi connectivity index (χ4n) is 1.84. The van der Waals surface area contributed by atoms with Crippen LogP contribution in [0.25, 0.3) is 0 Å². The minimum atomic E-state index is 0.727. The molecule has 0 radical (unpaired) electrons. The number of pyridine rings is 1. The summed E-state index contributed by atoms with van der Waals surface area (Å²) in [7, 11) is 1.72. The van der Waals surface area contributed by atoms with E-state index in [1.807, 2.05) is 6.08 Å². The molecule has 0 aromatic carbocycles. The Labute approximate surface area is 116 Å². The molecule has 0 spiro atoms. The largest absolute Gasteiger partial charge is 0.383 e. The second-order valence-corrected chi connectivity index (χ2v) is 4.42. The van der Waals surface area contributed by atoms with Crippen LogP contribution in [0.5, 0.6) is 0 Å². The smallest absolute Gasteiger partial charge is 0.0589 e. The molecule has 1 aromatic rings. The van der Waals surface area contributed by atoms with Crippen molar-refractivity contribution >= 4 is 0 Å². The highest BCUT2D eigenvalue weighted by Gasteiger charge is 2.05. The molecule has 4 nitrogen and oxygen atoms in total. The molecule has 1 rings (SSSR count). The lowest BCUT2D eigenvalue weighted by atomic mass is 10.2. The molecule has 0 aliphatic rings. The Bertz CT molecular complexity index is 368. The number of ether oxygens (including phenoxy) is 1. The number of hydrogen-bond acceptors (Lipinski definition) is 4. The van der Waals surface area contributed by atoms with Crippen LogP contribution in [0.2, 0.25) is 0 Å². The summed E-state index contributed by atoms with van der Waals surface area (Å²) in [6, 6.07) is 6.19. The fraction of sp³-hybridized carbons (Fsp3) is 0.533. The number of methoxy groups -OCH3 is 1. The first-order valence-corrected chi connectivity index (χ1v) is 6.77. The molecule has 0 fully saturated rings. The summed E-state index contributed by atoms with van der Waals surface area (Å²) < 4.78 is 5.13. The van der Waals surface area contributed by atoms with Gasteiger partial charge in [0, 0.05) is 33.3 Å². The monoisotopic (exact) mass is 263 g/mol. The van der Waals surface area contributed by atoms with E-state index in [1.165, 1.54) is 0 Å². The van der Waals surface area contributed by atoms with Crippen LogP contribution >= 0.6 is 0 Å². The maximum atomic E-state index is 5.13. The lowest BCUT2D eigenvalue weighted by Gasteiger charge is -2.20. The standard InChI is InChI=1S/C15H25N3O/c1-4-9-18(10-11-19-3)13-15-8-6-7-14(17-15)12-16-5-2/h4,6-8,16H,1,5,9-13H2,2-3H3. The van der Waals surface area contributed by atoms with E-state index in [4.69, 9.17) is 4.74 Å². The molecule has 0 bridgehead atoms. The summed E-state index contributed by atoms with van der Waals surface area (Å²) in [5, 5.41) is 3.29. The van der Waals surface area contributed by atoms with Crippen LogP contribution in [-0.4, -0.2) is 43.2 Å². The van der Waals surface area contributed by atoms with Crippen molar-refractivity contribution in [2.24, 2.45) is 0 Å². The molecule has 0 aliphatic heterocycles. The average molecular weight is 263 g/mol. The molecule has 19 heavy (non-hydrogen) atoms. The van der Waals surface area contributed by atoms with Crippen molar-refractivity contribution in [2.75, 3.05) is 33.4 Å². The Morgan fingerprint density at radius 3 is 2.89 bits per heavy atom. The number of nitrogens with zero attached hydrogens (tertiary/aromatic N) is 2. The molecule has 106 valence electrons. The van der Waals surface area contributed by atoms with E-state index in [1.54, 1.807) is 7.11 Å². The SMILES string of the molecule is C=CCN(CCOC)Cc1cccc(CNCC)n1. The molecule has 0 saturated heterocycles. The van der Waals surface area contributed by atoms with Gasteiger partial charge in [-0.2, -0.15) is 0 Å². The second-order valence-electron chi connectivity index (χ2n) is 4.42. The summed E-state index contributed by atoms with van der Waals surface area (Å²) in [6.07, 6.45) is 1.91. The van der Waals surface area contributed by atoms with Crippen molar-refractivity contribution in [3.63, 3.8) is 0 Å². The van der Waals surface area contributed by atoms with Gasteiger partial charge in [0.2, 0.25) is 0 Å². The Hall–Kier alpha value is -1.23. The van der Waals surface area contributed by atoms with Gasteiger partial charge >= 0.3 is 0 Å². The van der Waals surface area contributed by atoms with Crippen LogP contribution in [0.1, 0.15) is 18.3 Å². The molecule has 0 unspecified atom stereocenters. The third-order valence-electron chi connectivity index (χ3n) is 2.81. The summed E-state index contributed by atoms with van der Waals surface area (Å²) in [4.78, 5) is 6.93. The molecular weight excluding hydrogens is 238 g/mol. The van der Waals surface area contributed by atoms with E-state index in [0.29, 0.717) is 0 Å². The third-order valence-corrected chi connectivity index (χ3v) is 2.81. The lowest BCUT2D eigenvalue weighted by molar-refractivity contribution is 0.150. The predicted molar refractivity (Wildman–Crippen MR) is 79.0 cm³/mol. The molecule has 1 heterocycles. The van der Waals surface area contributed by atoms with E-state index in [0.717, 1.165) is 50.7 Å². The first-order chi connectivity index (χ1) is 9.30. The van der Waals surface area contributed by atoms with Crippen LogP contribution in [0, 0.1) is 0 Å². The number of nitrogens with one attached hydrogen (secondary N) is 1. The lowest BCUT2D eigenvalue weighted by Crippen LogP contribution is -2.27.